The minimum absolute atomic E-state index is 0.0246. The van der Waals surface area contributed by atoms with E-state index in [-0.39, 0.29) is 16.8 Å². The first-order chi connectivity index (χ1) is 8.30. The van der Waals surface area contributed by atoms with Gasteiger partial charge in [0.15, 0.2) is 0 Å². The highest BCUT2D eigenvalue weighted by atomic mass is 32.2. The van der Waals surface area contributed by atoms with Crippen molar-refractivity contribution in [3.05, 3.63) is 0 Å². The largest absolute Gasteiger partial charge is 0.392 e. The van der Waals surface area contributed by atoms with Crippen molar-refractivity contribution in [2.45, 2.75) is 25.0 Å². The molecule has 104 valence electrons. The summed E-state index contributed by atoms with van der Waals surface area (Å²) in [5.74, 6) is -0.143. The van der Waals surface area contributed by atoms with Gasteiger partial charge in [-0.15, -0.1) is 0 Å². The molecular formula is C10H19N3O3S2. The third-order valence-corrected chi connectivity index (χ3v) is 6.01. The molecule has 0 saturated carbocycles. The summed E-state index contributed by atoms with van der Waals surface area (Å²) in [7, 11) is -1.90. The Balaban J connectivity index is 2.68. The third-order valence-electron chi connectivity index (χ3n) is 3.28. The number of nitrogens with zero attached hydrogens (tertiary/aromatic N) is 1. The van der Waals surface area contributed by atoms with Gasteiger partial charge >= 0.3 is 0 Å². The van der Waals surface area contributed by atoms with Gasteiger partial charge in [-0.25, -0.2) is 12.7 Å². The molecule has 1 rings (SSSR count). The molecule has 1 fully saturated rings. The quantitative estimate of drug-likeness (QED) is 0.678. The fourth-order valence-corrected chi connectivity index (χ4v) is 3.77. The average Bonchev–Trinajstić information content (AvgIpc) is 2.36. The van der Waals surface area contributed by atoms with Gasteiger partial charge in [-0.2, -0.15) is 0 Å². The van der Waals surface area contributed by atoms with E-state index in [0.29, 0.717) is 25.9 Å². The van der Waals surface area contributed by atoms with Crippen molar-refractivity contribution in [1.82, 2.24) is 9.62 Å². The highest BCUT2D eigenvalue weighted by Crippen LogP contribution is 2.21. The maximum Gasteiger partial charge on any atom is 0.223 e. The minimum Gasteiger partial charge on any atom is -0.392 e. The molecule has 0 aliphatic carbocycles. The molecule has 3 N–H and O–H groups in total. The van der Waals surface area contributed by atoms with Crippen LogP contribution in [-0.2, 0) is 14.8 Å². The lowest BCUT2D eigenvalue weighted by atomic mass is 9.97. The maximum absolute atomic E-state index is 12.1. The van der Waals surface area contributed by atoms with Crippen LogP contribution in [-0.4, -0.2) is 49.0 Å². The molecule has 8 heteroatoms. The highest BCUT2D eigenvalue weighted by Gasteiger charge is 2.34. The lowest BCUT2D eigenvalue weighted by molar-refractivity contribution is -0.125. The van der Waals surface area contributed by atoms with Crippen molar-refractivity contribution in [3.8, 4) is 0 Å². The lowest BCUT2D eigenvalue weighted by Gasteiger charge is -2.31. The number of hydrogen-bond donors (Lipinski definition) is 2. The van der Waals surface area contributed by atoms with Gasteiger partial charge in [0.05, 0.1) is 4.99 Å². The smallest absolute Gasteiger partial charge is 0.223 e. The molecule has 0 spiro atoms. The molecule has 1 aliphatic heterocycles. The standard InChI is InChI=1S/C10H19N3O3S2/c1-7(9(11)17)18(15,16)13-5-3-8(4-6-13)10(14)12-2/h7-8H,3-6H2,1-2H3,(H2,11,17)(H,12,14). The maximum atomic E-state index is 12.1. The molecule has 1 unspecified atom stereocenters. The van der Waals surface area contributed by atoms with Crippen LogP contribution in [0.15, 0.2) is 0 Å². The predicted molar refractivity (Wildman–Crippen MR) is 73.5 cm³/mol. The topological polar surface area (TPSA) is 92.5 Å². The van der Waals surface area contributed by atoms with Crippen molar-refractivity contribution in [2.24, 2.45) is 11.7 Å². The molecule has 1 amide bonds. The number of nitrogens with two attached hydrogens (primary N) is 1. The summed E-state index contributed by atoms with van der Waals surface area (Å²) in [6, 6.07) is 0. The Morgan fingerprint density at radius 2 is 1.94 bits per heavy atom. The van der Waals surface area contributed by atoms with Crippen LogP contribution < -0.4 is 11.1 Å². The summed E-state index contributed by atoms with van der Waals surface area (Å²) < 4.78 is 25.6. The first-order valence-electron chi connectivity index (χ1n) is 5.80. The van der Waals surface area contributed by atoms with Gasteiger partial charge < -0.3 is 11.1 Å². The van der Waals surface area contributed by atoms with Crippen LogP contribution in [0.3, 0.4) is 0 Å². The van der Waals surface area contributed by atoms with Gasteiger partial charge in [-0.3, -0.25) is 4.79 Å². The molecule has 0 aromatic carbocycles. The molecule has 1 saturated heterocycles. The molecule has 1 heterocycles. The second kappa shape index (κ2) is 5.94. The molecule has 0 bridgehead atoms. The molecule has 1 aliphatic rings. The molecule has 0 aromatic heterocycles. The fraction of sp³-hybridized carbons (Fsp3) is 0.800. The van der Waals surface area contributed by atoms with E-state index < -0.39 is 15.3 Å². The van der Waals surface area contributed by atoms with E-state index in [9.17, 15) is 13.2 Å². The van der Waals surface area contributed by atoms with Crippen LogP contribution >= 0.6 is 12.2 Å². The Bertz CT molecular complexity index is 428. The number of carbonyl (C=O) groups excluding carboxylic acids is 1. The second-order valence-corrected chi connectivity index (χ2v) is 7.10. The van der Waals surface area contributed by atoms with Crippen LogP contribution in [0.4, 0.5) is 0 Å². The molecule has 6 nitrogen and oxygen atoms in total. The molecule has 1 atom stereocenters. The van der Waals surface area contributed by atoms with E-state index >= 15 is 0 Å². The molecule has 0 radical (unpaired) electrons. The normalized spacial score (nSPS) is 20.3. The van der Waals surface area contributed by atoms with E-state index in [0.717, 1.165) is 0 Å². The van der Waals surface area contributed by atoms with Crippen molar-refractivity contribution in [3.63, 3.8) is 0 Å². The van der Waals surface area contributed by atoms with E-state index in [1.807, 2.05) is 0 Å². The zero-order valence-corrected chi connectivity index (χ0v) is 12.2. The SMILES string of the molecule is CNC(=O)C1CCN(S(=O)(=O)C(C)C(N)=S)CC1. The van der Waals surface area contributed by atoms with Gasteiger partial charge in [0, 0.05) is 26.1 Å². The van der Waals surface area contributed by atoms with E-state index in [1.165, 1.54) is 11.2 Å². The van der Waals surface area contributed by atoms with Gasteiger partial charge in [0.2, 0.25) is 15.9 Å². The number of carbonyl (C=O) groups is 1. The number of nitrogens with one attached hydrogen (secondary N) is 1. The van der Waals surface area contributed by atoms with Crippen LogP contribution in [0.2, 0.25) is 0 Å². The zero-order chi connectivity index (χ0) is 13.9. The Kier molecular flexibility index (Phi) is 5.06. The van der Waals surface area contributed by atoms with E-state index in [1.54, 1.807) is 7.05 Å². The van der Waals surface area contributed by atoms with Gasteiger partial charge in [-0.05, 0) is 19.8 Å². The molecule has 0 aromatic rings. The summed E-state index contributed by atoms with van der Waals surface area (Å²) in [5.41, 5.74) is 5.39. The number of hydrogen-bond acceptors (Lipinski definition) is 4. The van der Waals surface area contributed by atoms with Crippen LogP contribution in [0.5, 0.6) is 0 Å². The predicted octanol–water partition coefficient (Wildman–Crippen LogP) is -0.551. The number of sulfonamides is 1. The summed E-state index contributed by atoms with van der Waals surface area (Å²) >= 11 is 4.73. The van der Waals surface area contributed by atoms with E-state index in [4.69, 9.17) is 18.0 Å². The average molecular weight is 293 g/mol. The van der Waals surface area contributed by atoms with Gasteiger partial charge in [0.25, 0.3) is 0 Å². The Morgan fingerprint density at radius 3 is 2.33 bits per heavy atom. The third kappa shape index (κ3) is 3.18. The van der Waals surface area contributed by atoms with Crippen LogP contribution in [0, 0.1) is 5.92 Å². The minimum atomic E-state index is -3.48. The van der Waals surface area contributed by atoms with Crippen molar-refractivity contribution >= 4 is 33.1 Å². The van der Waals surface area contributed by atoms with Gasteiger partial charge in [-0.1, -0.05) is 12.2 Å². The second-order valence-electron chi connectivity index (χ2n) is 4.38. The number of rotatable bonds is 4. The van der Waals surface area contributed by atoms with Gasteiger partial charge in [0.1, 0.15) is 5.25 Å². The summed E-state index contributed by atoms with van der Waals surface area (Å²) in [4.78, 5) is 11.4. The number of piperidine rings is 1. The Morgan fingerprint density at radius 1 is 1.44 bits per heavy atom. The summed E-state index contributed by atoms with van der Waals surface area (Å²) in [6.07, 6.45) is 1.06. The number of thiocarbonyl (C=S) groups is 1. The summed E-state index contributed by atoms with van der Waals surface area (Å²) in [5, 5.41) is 1.72. The Hall–Kier alpha value is -0.730. The van der Waals surface area contributed by atoms with Crippen LogP contribution in [0.1, 0.15) is 19.8 Å². The monoisotopic (exact) mass is 293 g/mol. The molecular weight excluding hydrogens is 274 g/mol. The summed E-state index contributed by atoms with van der Waals surface area (Å²) in [6.45, 7) is 2.17. The Labute approximate surface area is 113 Å². The zero-order valence-electron chi connectivity index (χ0n) is 10.5. The van der Waals surface area contributed by atoms with Crippen molar-refractivity contribution in [1.29, 1.82) is 0 Å². The fourth-order valence-electron chi connectivity index (χ4n) is 1.95. The van der Waals surface area contributed by atoms with Crippen molar-refractivity contribution < 1.29 is 13.2 Å². The highest BCUT2D eigenvalue weighted by molar-refractivity contribution is 7.92. The van der Waals surface area contributed by atoms with Crippen LogP contribution in [0.25, 0.3) is 0 Å². The first-order valence-corrected chi connectivity index (χ1v) is 7.71. The number of amides is 1. The lowest BCUT2D eigenvalue weighted by Crippen LogP contribution is -2.47. The van der Waals surface area contributed by atoms with E-state index in [2.05, 4.69) is 5.32 Å². The molecule has 18 heavy (non-hydrogen) atoms. The van der Waals surface area contributed by atoms with Crippen molar-refractivity contribution in [2.75, 3.05) is 20.1 Å². The first kappa shape index (κ1) is 15.3.